The van der Waals surface area contributed by atoms with Crippen LogP contribution >= 0.6 is 11.3 Å². The minimum absolute atomic E-state index is 0.166. The largest absolute Gasteiger partial charge is 0.465 e. The molecule has 4 rings (SSSR count). The van der Waals surface area contributed by atoms with Gasteiger partial charge in [-0.2, -0.15) is 4.99 Å². The molecule has 0 saturated heterocycles. The number of aromatic nitrogens is 3. The van der Waals surface area contributed by atoms with E-state index in [9.17, 15) is 9.59 Å². The van der Waals surface area contributed by atoms with Gasteiger partial charge in [0.25, 0.3) is 5.91 Å². The summed E-state index contributed by atoms with van der Waals surface area (Å²) in [5.74, 6) is -0.908. The van der Waals surface area contributed by atoms with E-state index in [1.165, 1.54) is 24.6 Å². The summed E-state index contributed by atoms with van der Waals surface area (Å²) in [4.78, 5) is 38.1. The van der Waals surface area contributed by atoms with Gasteiger partial charge in [0.15, 0.2) is 4.80 Å². The molecule has 30 heavy (non-hydrogen) atoms. The van der Waals surface area contributed by atoms with E-state index in [1.54, 1.807) is 25.3 Å². The Bertz CT molecular complexity index is 1330. The highest BCUT2D eigenvalue weighted by Crippen LogP contribution is 2.20. The summed E-state index contributed by atoms with van der Waals surface area (Å²) in [5, 5.41) is 0. The van der Waals surface area contributed by atoms with Crippen LogP contribution in [0.15, 0.2) is 53.7 Å². The second kappa shape index (κ2) is 8.52. The van der Waals surface area contributed by atoms with Gasteiger partial charge >= 0.3 is 5.97 Å². The molecule has 0 N–H and O–H groups in total. The van der Waals surface area contributed by atoms with Crippen molar-refractivity contribution < 1.29 is 19.1 Å². The molecule has 0 aliphatic carbocycles. The molecule has 2 aromatic heterocycles. The standard InChI is InChI=1S/C21H18N4O4S/c1-28-10-9-25-17-8-7-13(20(27)29-2)11-18(17)30-21(25)24-19(26)16-12-22-14-5-3-4-6-15(14)23-16/h3-8,11-12H,9-10H2,1-2H3. The summed E-state index contributed by atoms with van der Waals surface area (Å²) in [6.07, 6.45) is 1.43. The predicted molar refractivity (Wildman–Crippen MR) is 112 cm³/mol. The number of thiazole rings is 1. The van der Waals surface area contributed by atoms with Crippen LogP contribution < -0.4 is 4.80 Å². The van der Waals surface area contributed by atoms with Crippen molar-refractivity contribution in [3.05, 3.63) is 64.7 Å². The minimum Gasteiger partial charge on any atom is -0.465 e. The van der Waals surface area contributed by atoms with Crippen molar-refractivity contribution in [3.8, 4) is 0 Å². The Balaban J connectivity index is 1.80. The zero-order chi connectivity index (χ0) is 21.1. The van der Waals surface area contributed by atoms with Crippen LogP contribution in [0.25, 0.3) is 21.3 Å². The molecule has 1 amide bonds. The van der Waals surface area contributed by atoms with Gasteiger partial charge in [0.2, 0.25) is 0 Å². The molecule has 0 saturated carbocycles. The van der Waals surface area contributed by atoms with Crippen LogP contribution in [0.5, 0.6) is 0 Å². The van der Waals surface area contributed by atoms with Gasteiger partial charge < -0.3 is 14.0 Å². The fourth-order valence-electron chi connectivity index (χ4n) is 3.01. The number of benzene rings is 2. The smallest absolute Gasteiger partial charge is 0.337 e. The fourth-order valence-corrected chi connectivity index (χ4v) is 4.10. The van der Waals surface area contributed by atoms with E-state index < -0.39 is 11.9 Å². The van der Waals surface area contributed by atoms with Crippen LogP contribution in [-0.2, 0) is 16.0 Å². The number of hydrogen-bond donors (Lipinski definition) is 0. The Labute approximate surface area is 175 Å². The third-order valence-corrected chi connectivity index (χ3v) is 5.53. The van der Waals surface area contributed by atoms with Crippen LogP contribution in [0.1, 0.15) is 20.8 Å². The first-order chi connectivity index (χ1) is 14.6. The molecule has 0 aliphatic heterocycles. The molecule has 0 unspecified atom stereocenters. The van der Waals surface area contributed by atoms with Gasteiger partial charge in [0, 0.05) is 13.7 Å². The lowest BCUT2D eigenvalue weighted by Crippen LogP contribution is -2.19. The van der Waals surface area contributed by atoms with Crippen molar-refractivity contribution in [3.63, 3.8) is 0 Å². The van der Waals surface area contributed by atoms with Crippen LogP contribution in [0.3, 0.4) is 0 Å². The average Bonchev–Trinajstić information content (AvgIpc) is 3.12. The fraction of sp³-hybridized carbons (Fsp3) is 0.190. The van der Waals surface area contributed by atoms with E-state index in [0.717, 1.165) is 10.2 Å². The number of para-hydroxylation sites is 2. The number of nitrogens with zero attached hydrogens (tertiary/aromatic N) is 4. The summed E-state index contributed by atoms with van der Waals surface area (Å²) in [6, 6.07) is 12.6. The Hall–Kier alpha value is -3.43. The predicted octanol–water partition coefficient (Wildman–Crippen LogP) is 2.82. The lowest BCUT2D eigenvalue weighted by molar-refractivity contribution is 0.0600. The van der Waals surface area contributed by atoms with Gasteiger partial charge in [-0.25, -0.2) is 9.78 Å². The first kappa shape index (κ1) is 19.9. The third-order valence-electron chi connectivity index (χ3n) is 4.49. The highest BCUT2D eigenvalue weighted by Gasteiger charge is 2.13. The van der Waals surface area contributed by atoms with Crippen molar-refractivity contribution in [1.29, 1.82) is 0 Å². The molecule has 0 fully saturated rings. The van der Waals surface area contributed by atoms with Gasteiger partial charge in [0.05, 0.1) is 46.7 Å². The maximum atomic E-state index is 12.8. The van der Waals surface area contributed by atoms with Crippen LogP contribution in [0.4, 0.5) is 0 Å². The maximum Gasteiger partial charge on any atom is 0.337 e. The summed E-state index contributed by atoms with van der Waals surface area (Å²) >= 11 is 1.31. The van der Waals surface area contributed by atoms with Gasteiger partial charge in [0.1, 0.15) is 5.69 Å². The molecule has 8 nitrogen and oxygen atoms in total. The molecular weight excluding hydrogens is 404 g/mol. The van der Waals surface area contributed by atoms with Crippen LogP contribution in [0, 0.1) is 0 Å². The Morgan fingerprint density at radius 1 is 1.13 bits per heavy atom. The summed E-state index contributed by atoms with van der Waals surface area (Å²) in [6.45, 7) is 0.950. The summed E-state index contributed by atoms with van der Waals surface area (Å²) in [7, 11) is 2.95. The number of fused-ring (bicyclic) bond motifs is 2. The summed E-state index contributed by atoms with van der Waals surface area (Å²) in [5.41, 5.74) is 2.79. The number of esters is 1. The van der Waals surface area contributed by atoms with Crippen molar-refractivity contribution in [2.24, 2.45) is 4.99 Å². The quantitative estimate of drug-likeness (QED) is 0.459. The number of methoxy groups -OCH3 is 2. The van der Waals surface area contributed by atoms with E-state index in [2.05, 4.69) is 15.0 Å². The molecule has 2 heterocycles. The molecule has 2 aromatic carbocycles. The maximum absolute atomic E-state index is 12.8. The number of carbonyl (C=O) groups is 2. The molecule has 4 aromatic rings. The Morgan fingerprint density at radius 3 is 2.70 bits per heavy atom. The molecule has 0 aliphatic rings. The molecule has 0 radical (unpaired) electrons. The lowest BCUT2D eigenvalue weighted by atomic mass is 10.2. The zero-order valence-corrected chi connectivity index (χ0v) is 17.2. The van der Waals surface area contributed by atoms with Crippen LogP contribution in [-0.4, -0.2) is 47.2 Å². The topological polar surface area (TPSA) is 95.7 Å². The number of carbonyl (C=O) groups excluding carboxylic acids is 2. The van der Waals surface area contributed by atoms with Crippen molar-refractivity contribution in [2.45, 2.75) is 6.54 Å². The molecule has 9 heteroatoms. The second-order valence-corrected chi connectivity index (χ2v) is 7.37. The molecule has 0 spiro atoms. The summed E-state index contributed by atoms with van der Waals surface area (Å²) < 4.78 is 12.7. The van der Waals surface area contributed by atoms with E-state index >= 15 is 0 Å². The SMILES string of the molecule is COCCn1c(=NC(=O)c2cnc3ccccc3n2)sc2cc(C(=O)OC)ccc21. The first-order valence-corrected chi connectivity index (χ1v) is 9.94. The molecule has 0 bridgehead atoms. The number of hydrogen-bond acceptors (Lipinski definition) is 7. The molecule has 152 valence electrons. The lowest BCUT2D eigenvalue weighted by Gasteiger charge is -2.05. The van der Waals surface area contributed by atoms with Gasteiger partial charge in [-0.1, -0.05) is 23.5 Å². The normalized spacial score (nSPS) is 11.9. The Morgan fingerprint density at radius 2 is 1.93 bits per heavy atom. The van der Waals surface area contributed by atoms with Crippen molar-refractivity contribution in [1.82, 2.24) is 14.5 Å². The van der Waals surface area contributed by atoms with E-state index in [1.807, 2.05) is 28.8 Å². The van der Waals surface area contributed by atoms with E-state index in [0.29, 0.717) is 34.5 Å². The van der Waals surface area contributed by atoms with E-state index in [4.69, 9.17) is 9.47 Å². The van der Waals surface area contributed by atoms with Gasteiger partial charge in [-0.15, -0.1) is 0 Å². The molecule has 0 atom stereocenters. The highest BCUT2D eigenvalue weighted by atomic mass is 32.1. The van der Waals surface area contributed by atoms with Crippen molar-refractivity contribution >= 4 is 44.5 Å². The van der Waals surface area contributed by atoms with Crippen LogP contribution in [0.2, 0.25) is 0 Å². The van der Waals surface area contributed by atoms with E-state index in [-0.39, 0.29) is 5.69 Å². The highest BCUT2D eigenvalue weighted by molar-refractivity contribution is 7.16. The van der Waals surface area contributed by atoms with Gasteiger partial charge in [-0.3, -0.25) is 9.78 Å². The zero-order valence-electron chi connectivity index (χ0n) is 16.4. The monoisotopic (exact) mass is 422 g/mol. The first-order valence-electron chi connectivity index (χ1n) is 9.12. The average molecular weight is 422 g/mol. The minimum atomic E-state index is -0.487. The number of amides is 1. The Kier molecular flexibility index (Phi) is 5.64. The third kappa shape index (κ3) is 3.85. The number of ether oxygens (including phenoxy) is 2. The second-order valence-electron chi connectivity index (χ2n) is 6.36. The number of rotatable bonds is 5. The van der Waals surface area contributed by atoms with Gasteiger partial charge in [-0.05, 0) is 30.3 Å². The molecular formula is C21H18N4O4S. The van der Waals surface area contributed by atoms with Crippen molar-refractivity contribution in [2.75, 3.05) is 20.8 Å².